The quantitative estimate of drug-likeness (QED) is 0.611. The van der Waals surface area contributed by atoms with Gasteiger partial charge in [0.15, 0.2) is 0 Å². The Balaban J connectivity index is 0.00000300. The van der Waals surface area contributed by atoms with Crippen molar-refractivity contribution >= 4 is 35.0 Å². The van der Waals surface area contributed by atoms with Crippen LogP contribution in [0.3, 0.4) is 0 Å². The summed E-state index contributed by atoms with van der Waals surface area (Å²) in [5.74, 6) is -0.319. The molecule has 6 nitrogen and oxygen atoms in total. The highest BCUT2D eigenvalue weighted by Crippen LogP contribution is 2.28. The van der Waals surface area contributed by atoms with Crippen LogP contribution in [-0.4, -0.2) is 51.7 Å². The lowest BCUT2D eigenvalue weighted by Gasteiger charge is -2.37. The summed E-state index contributed by atoms with van der Waals surface area (Å²) in [5.41, 5.74) is 0.938. The zero-order valence-corrected chi connectivity index (χ0v) is 17.6. The molecule has 1 heterocycles. The minimum atomic E-state index is -0.166. The second-order valence-corrected chi connectivity index (χ2v) is 7.55. The van der Waals surface area contributed by atoms with Gasteiger partial charge in [0.25, 0.3) is 0 Å². The molecular weight excluding hydrogens is 390 g/mol. The number of carbonyl (C=O) groups excluding carboxylic acids is 2. The number of rotatable bonds is 8. The number of carbonyl (C=O) groups is 2. The monoisotopic (exact) mass is 419 g/mol. The van der Waals surface area contributed by atoms with E-state index in [2.05, 4.69) is 16.0 Å². The Kier molecular flexibility index (Phi) is 8.89. The fourth-order valence-corrected chi connectivity index (χ4v) is 3.85. The van der Waals surface area contributed by atoms with Crippen LogP contribution in [0.25, 0.3) is 10.8 Å². The van der Waals surface area contributed by atoms with Gasteiger partial charge in [0.05, 0.1) is 19.6 Å². The first kappa shape index (κ1) is 23.1. The van der Waals surface area contributed by atoms with Gasteiger partial charge in [-0.3, -0.25) is 9.59 Å². The summed E-state index contributed by atoms with van der Waals surface area (Å²) < 4.78 is 5.37. The second kappa shape index (κ2) is 11.1. The topological polar surface area (TPSA) is 79.5 Å². The summed E-state index contributed by atoms with van der Waals surface area (Å²) in [4.78, 5) is 24.5. The van der Waals surface area contributed by atoms with Crippen LogP contribution in [0.4, 0.5) is 0 Å². The van der Waals surface area contributed by atoms with Gasteiger partial charge >= 0.3 is 0 Å². The number of ether oxygens (including phenoxy) is 1. The molecule has 3 N–H and O–H groups in total. The first-order valence-corrected chi connectivity index (χ1v) is 9.82. The van der Waals surface area contributed by atoms with Crippen molar-refractivity contribution in [2.75, 3.05) is 39.9 Å². The number of hydrogen-bond donors (Lipinski definition) is 3. The summed E-state index contributed by atoms with van der Waals surface area (Å²) in [6.07, 6.45) is 2.19. The summed E-state index contributed by atoms with van der Waals surface area (Å²) >= 11 is 0. The third-order valence-electron chi connectivity index (χ3n) is 5.45. The van der Waals surface area contributed by atoms with Gasteiger partial charge in [0, 0.05) is 19.1 Å². The first-order chi connectivity index (χ1) is 13.6. The number of methoxy groups -OCH3 is 1. The number of nitrogens with one attached hydrogen (secondary N) is 3. The first-order valence-electron chi connectivity index (χ1n) is 9.82. The van der Waals surface area contributed by atoms with E-state index in [1.807, 2.05) is 42.5 Å². The predicted octanol–water partition coefficient (Wildman–Crippen LogP) is 2.05. The molecule has 0 aliphatic carbocycles. The molecule has 0 spiro atoms. The fourth-order valence-electron chi connectivity index (χ4n) is 3.85. The number of halogens is 1. The van der Waals surface area contributed by atoms with Gasteiger partial charge in [-0.1, -0.05) is 42.5 Å². The van der Waals surface area contributed by atoms with Gasteiger partial charge in [-0.05, 0) is 42.3 Å². The Bertz CT molecular complexity index is 811. The van der Waals surface area contributed by atoms with E-state index in [4.69, 9.17) is 4.74 Å². The molecule has 2 amide bonds. The van der Waals surface area contributed by atoms with Crippen LogP contribution < -0.4 is 16.0 Å². The maximum atomic E-state index is 12.3. The van der Waals surface area contributed by atoms with Gasteiger partial charge in [0.2, 0.25) is 11.8 Å². The van der Waals surface area contributed by atoms with Crippen LogP contribution >= 0.6 is 12.4 Å². The lowest BCUT2D eigenvalue weighted by molar-refractivity contribution is -0.126. The van der Waals surface area contributed by atoms with Crippen LogP contribution in [0.2, 0.25) is 0 Å². The summed E-state index contributed by atoms with van der Waals surface area (Å²) in [6, 6.07) is 13.9. The summed E-state index contributed by atoms with van der Waals surface area (Å²) in [6.45, 7) is 3.05. The van der Waals surface area contributed by atoms with Crippen molar-refractivity contribution in [3.63, 3.8) is 0 Å². The number of fused-ring (bicyclic) bond motifs is 1. The molecule has 1 saturated heterocycles. The second-order valence-electron chi connectivity index (χ2n) is 7.55. The highest BCUT2D eigenvalue weighted by atomic mass is 35.5. The van der Waals surface area contributed by atoms with Crippen molar-refractivity contribution in [3.8, 4) is 0 Å². The number of benzene rings is 2. The van der Waals surface area contributed by atoms with E-state index in [0.717, 1.165) is 42.3 Å². The molecule has 1 fully saturated rings. The van der Waals surface area contributed by atoms with Crippen molar-refractivity contribution in [3.05, 3.63) is 48.0 Å². The smallest absolute Gasteiger partial charge is 0.239 e. The van der Waals surface area contributed by atoms with Crippen molar-refractivity contribution in [1.29, 1.82) is 0 Å². The number of piperidine rings is 1. The number of amides is 2. The Labute approximate surface area is 178 Å². The Morgan fingerprint density at radius 2 is 1.76 bits per heavy atom. The lowest BCUT2D eigenvalue weighted by atomic mass is 9.79. The van der Waals surface area contributed by atoms with Gasteiger partial charge in [-0.15, -0.1) is 12.4 Å². The maximum Gasteiger partial charge on any atom is 0.239 e. The summed E-state index contributed by atoms with van der Waals surface area (Å²) in [5, 5.41) is 11.2. The van der Waals surface area contributed by atoms with Crippen molar-refractivity contribution in [1.82, 2.24) is 16.0 Å². The van der Waals surface area contributed by atoms with Crippen LogP contribution in [0.15, 0.2) is 42.5 Å². The van der Waals surface area contributed by atoms with Crippen LogP contribution in [0.5, 0.6) is 0 Å². The van der Waals surface area contributed by atoms with Gasteiger partial charge in [0.1, 0.15) is 0 Å². The molecule has 0 unspecified atom stereocenters. The van der Waals surface area contributed by atoms with E-state index in [0.29, 0.717) is 13.2 Å². The lowest BCUT2D eigenvalue weighted by Crippen LogP contribution is -2.48. The van der Waals surface area contributed by atoms with Gasteiger partial charge in [-0.25, -0.2) is 0 Å². The van der Waals surface area contributed by atoms with Crippen molar-refractivity contribution in [2.45, 2.75) is 19.3 Å². The molecule has 3 rings (SSSR count). The third kappa shape index (κ3) is 6.42. The Hall–Kier alpha value is -2.15. The van der Waals surface area contributed by atoms with E-state index in [1.165, 1.54) is 0 Å². The van der Waals surface area contributed by atoms with Crippen LogP contribution in [0, 0.1) is 5.41 Å². The van der Waals surface area contributed by atoms with E-state index >= 15 is 0 Å². The molecule has 0 saturated carbocycles. The predicted molar refractivity (Wildman–Crippen MR) is 117 cm³/mol. The Morgan fingerprint density at radius 3 is 2.52 bits per heavy atom. The third-order valence-corrected chi connectivity index (χ3v) is 5.45. The minimum Gasteiger partial charge on any atom is -0.384 e. The standard InChI is InChI=1S/C22H29N3O3.ClH/c1-28-16-22(9-11-23-12-10-22)15-25-21(27)14-24-20(26)13-18-7-4-6-17-5-2-3-8-19(17)18;/h2-8,23H,9-16H2,1H3,(H,24,26)(H,25,27);1H. The molecule has 158 valence electrons. The van der Waals surface area contributed by atoms with Crippen molar-refractivity contribution < 1.29 is 14.3 Å². The molecule has 1 aliphatic rings. The van der Waals surface area contributed by atoms with E-state index < -0.39 is 0 Å². The average molecular weight is 420 g/mol. The molecule has 7 heteroatoms. The van der Waals surface area contributed by atoms with Gasteiger partial charge in [-0.2, -0.15) is 0 Å². The van der Waals surface area contributed by atoms with E-state index in [9.17, 15) is 9.59 Å². The van der Waals surface area contributed by atoms with Crippen LogP contribution in [0.1, 0.15) is 18.4 Å². The van der Waals surface area contributed by atoms with E-state index in [-0.39, 0.29) is 42.6 Å². The average Bonchev–Trinajstić information content (AvgIpc) is 2.72. The minimum absolute atomic E-state index is 0. The molecule has 1 aliphatic heterocycles. The molecule has 2 aromatic rings. The Morgan fingerprint density at radius 1 is 1.03 bits per heavy atom. The molecule has 0 atom stereocenters. The molecular formula is C22H30ClN3O3. The zero-order chi connectivity index (χ0) is 19.8. The van der Waals surface area contributed by atoms with Crippen molar-refractivity contribution in [2.24, 2.45) is 5.41 Å². The zero-order valence-electron chi connectivity index (χ0n) is 16.8. The highest BCUT2D eigenvalue weighted by Gasteiger charge is 2.32. The largest absolute Gasteiger partial charge is 0.384 e. The summed E-state index contributed by atoms with van der Waals surface area (Å²) in [7, 11) is 1.69. The normalized spacial score (nSPS) is 15.3. The number of hydrogen-bond acceptors (Lipinski definition) is 4. The highest BCUT2D eigenvalue weighted by molar-refractivity contribution is 5.91. The van der Waals surface area contributed by atoms with Gasteiger partial charge < -0.3 is 20.7 Å². The molecule has 0 radical (unpaired) electrons. The molecule has 0 aromatic heterocycles. The molecule has 0 bridgehead atoms. The SMILES string of the molecule is COCC1(CNC(=O)CNC(=O)Cc2cccc3ccccc23)CCNCC1.Cl. The maximum absolute atomic E-state index is 12.3. The fraction of sp³-hybridized carbons (Fsp3) is 0.455. The molecule has 29 heavy (non-hydrogen) atoms. The van der Waals surface area contributed by atoms with E-state index in [1.54, 1.807) is 7.11 Å². The van der Waals surface area contributed by atoms with Crippen LogP contribution in [-0.2, 0) is 20.7 Å². The molecule has 2 aromatic carbocycles.